The second kappa shape index (κ2) is 25.5. The van der Waals surface area contributed by atoms with Gasteiger partial charge in [0.1, 0.15) is 6.23 Å². The van der Waals surface area contributed by atoms with E-state index >= 15 is 0 Å². The molecule has 0 aromatic carbocycles. The number of phosphoric acid groups is 3. The minimum Gasteiger partial charge on any atom is -0.352 e. The first-order valence-corrected chi connectivity index (χ1v) is 23.3. The van der Waals surface area contributed by atoms with Crippen molar-refractivity contribution >= 4 is 23.5 Å². The molecule has 18 nitrogen and oxygen atoms in total. The first-order chi connectivity index (χ1) is 25.2. The lowest BCUT2D eigenvalue weighted by molar-refractivity contribution is -0.0268. The molecule has 0 radical (unpaired) electrons. The van der Waals surface area contributed by atoms with Gasteiger partial charge in [-0.15, -0.1) is 0 Å². The molecule has 6 atom stereocenters. The fourth-order valence-corrected chi connectivity index (χ4v) is 9.84. The van der Waals surface area contributed by atoms with Crippen LogP contribution in [0.1, 0.15) is 148 Å². The molecule has 21 heteroatoms. The maximum absolute atomic E-state index is 13.3. The van der Waals surface area contributed by atoms with Gasteiger partial charge >= 0.3 is 29.2 Å². The molecule has 1 aromatic heterocycles. The maximum atomic E-state index is 13.3. The van der Waals surface area contributed by atoms with Crippen LogP contribution in [0.4, 0.5) is 0 Å². The molecule has 1 aromatic rings. The summed E-state index contributed by atoms with van der Waals surface area (Å²) in [6.45, 7) is 4.48. The molecule has 0 bridgehead atoms. The molecule has 1 fully saturated rings. The van der Waals surface area contributed by atoms with Crippen LogP contribution in [0.25, 0.3) is 10.4 Å². The third kappa shape index (κ3) is 19.7. The van der Waals surface area contributed by atoms with Gasteiger partial charge in [-0.3, -0.25) is 27.9 Å². The summed E-state index contributed by atoms with van der Waals surface area (Å²) in [5, 5.41) is 3.57. The highest BCUT2D eigenvalue weighted by atomic mass is 31.3. The van der Waals surface area contributed by atoms with Gasteiger partial charge in [0.05, 0.1) is 32.0 Å². The maximum Gasteiger partial charge on any atom is 0.490 e. The molecule has 1 aliphatic rings. The van der Waals surface area contributed by atoms with E-state index in [4.69, 9.17) is 28.1 Å². The van der Waals surface area contributed by atoms with Gasteiger partial charge < -0.3 is 14.5 Å². The number of aryl methyl sites for hydroxylation is 1. The van der Waals surface area contributed by atoms with E-state index in [-0.39, 0.29) is 25.2 Å². The predicted octanol–water partition coefficient (Wildman–Crippen LogP) is 9.26. The Kier molecular flexibility index (Phi) is 22.9. The molecule has 1 saturated heterocycles. The highest BCUT2D eigenvalue weighted by Crippen LogP contribution is 2.69. The number of azide groups is 1. The topological polar surface area (TPSA) is 251 Å². The smallest absolute Gasteiger partial charge is 0.352 e. The normalized spacial score (nSPS) is 20.7. The number of hydrogen-bond acceptors (Lipinski definition) is 12. The molecule has 53 heavy (non-hydrogen) atoms. The number of phosphoric ester groups is 2. The standard InChI is InChI=1S/C32H60N5O13P3/c1-4-6-8-9-10-11-12-13-14-15-16-17-18-19-20-21-23-46-53(44,45-22-7-5-2)50-52(42,43)49-51(40,41)47-26-29-28(35-36-33)24-30(48-29)37-25-27(3)31(38)34-32(37)39/h25,28-30H,4-24,26H2,1-3H3,(H,40,41)(H,42,43)(H,34,38,39)/t28?,29-,30-,53?/m1/s1. The van der Waals surface area contributed by atoms with Crippen LogP contribution in [0.5, 0.6) is 0 Å². The number of nitrogens with one attached hydrogen (secondary N) is 1. The van der Waals surface area contributed by atoms with E-state index in [1.54, 1.807) is 0 Å². The molecule has 0 amide bonds. The number of rotatable bonds is 31. The summed E-state index contributed by atoms with van der Waals surface area (Å²) in [6, 6.07) is -1.01. The van der Waals surface area contributed by atoms with Crippen molar-refractivity contribution in [2.75, 3.05) is 19.8 Å². The average molecular weight is 816 g/mol. The van der Waals surface area contributed by atoms with Crippen LogP contribution in [0, 0.1) is 6.92 Å². The summed E-state index contributed by atoms with van der Waals surface area (Å²) >= 11 is 0. The van der Waals surface area contributed by atoms with Crippen molar-refractivity contribution < 1.29 is 50.4 Å². The van der Waals surface area contributed by atoms with Crippen molar-refractivity contribution in [2.45, 2.75) is 161 Å². The van der Waals surface area contributed by atoms with Crippen LogP contribution in [0.3, 0.4) is 0 Å². The van der Waals surface area contributed by atoms with E-state index in [1.807, 2.05) is 6.92 Å². The minimum absolute atomic E-state index is 0.0727. The van der Waals surface area contributed by atoms with Gasteiger partial charge in [-0.2, -0.15) is 8.62 Å². The summed E-state index contributed by atoms with van der Waals surface area (Å²) in [7, 11) is -15.7. The second-order valence-electron chi connectivity index (χ2n) is 13.3. The zero-order valence-corrected chi connectivity index (χ0v) is 34.1. The minimum atomic E-state index is -5.60. The SMILES string of the molecule is CCCCCCCCCCCCCCCCCCOP(=O)(OCCCC)OP(=O)(O)OP(=O)(O)OC[C@H]1O[C@@H](n2cc(C)c(=O)[nH]c2=O)CC1N=[N+]=[N-]. The molecular formula is C32H60N5O13P3. The fraction of sp³-hybridized carbons (Fsp3) is 0.875. The van der Waals surface area contributed by atoms with Crippen LogP contribution >= 0.6 is 23.5 Å². The van der Waals surface area contributed by atoms with Crippen LogP contribution < -0.4 is 11.2 Å². The van der Waals surface area contributed by atoms with E-state index in [2.05, 4.69) is 26.2 Å². The Morgan fingerprint density at radius 3 is 1.85 bits per heavy atom. The third-order valence-electron chi connectivity index (χ3n) is 8.67. The van der Waals surface area contributed by atoms with Gasteiger partial charge in [0.25, 0.3) is 5.56 Å². The number of ether oxygens (including phenoxy) is 1. The first-order valence-electron chi connectivity index (χ1n) is 18.9. The molecule has 1 aliphatic heterocycles. The summed E-state index contributed by atoms with van der Waals surface area (Å²) in [5.41, 5.74) is 7.77. The Hall–Kier alpha value is -1.64. The number of hydrogen-bond donors (Lipinski definition) is 3. The lowest BCUT2D eigenvalue weighted by atomic mass is 10.0. The van der Waals surface area contributed by atoms with Crippen LogP contribution in [-0.2, 0) is 40.6 Å². The lowest BCUT2D eigenvalue weighted by Crippen LogP contribution is -2.33. The summed E-state index contributed by atoms with van der Waals surface area (Å²) < 4.78 is 69.8. The second-order valence-corrected chi connectivity index (χ2v) is 18.1. The van der Waals surface area contributed by atoms with Gasteiger partial charge in [0.15, 0.2) is 0 Å². The molecule has 2 rings (SSSR count). The van der Waals surface area contributed by atoms with E-state index in [0.29, 0.717) is 19.3 Å². The Bertz CT molecular complexity index is 1520. The molecule has 306 valence electrons. The van der Waals surface area contributed by atoms with Gasteiger partial charge in [-0.1, -0.05) is 122 Å². The van der Waals surface area contributed by atoms with Gasteiger partial charge in [0, 0.05) is 23.1 Å². The summed E-state index contributed by atoms with van der Waals surface area (Å²) in [5.74, 6) is 0. The Balaban J connectivity index is 1.79. The van der Waals surface area contributed by atoms with E-state index < -0.39 is 59.7 Å². The Morgan fingerprint density at radius 1 is 0.811 bits per heavy atom. The van der Waals surface area contributed by atoms with E-state index in [1.165, 1.54) is 83.7 Å². The van der Waals surface area contributed by atoms with Crippen LogP contribution in [-0.4, -0.2) is 51.3 Å². The predicted molar refractivity (Wildman–Crippen MR) is 199 cm³/mol. The zero-order valence-electron chi connectivity index (χ0n) is 31.4. The zero-order chi connectivity index (χ0) is 39.2. The Morgan fingerprint density at radius 2 is 1.32 bits per heavy atom. The monoisotopic (exact) mass is 815 g/mol. The van der Waals surface area contributed by atoms with E-state index in [0.717, 1.165) is 30.3 Å². The summed E-state index contributed by atoms with van der Waals surface area (Å²) in [6.07, 6.45) is 18.6. The molecule has 0 saturated carbocycles. The fourth-order valence-electron chi connectivity index (χ4n) is 5.72. The number of nitrogens with zero attached hydrogens (tertiary/aromatic N) is 4. The van der Waals surface area contributed by atoms with Crippen LogP contribution in [0.15, 0.2) is 20.9 Å². The van der Waals surface area contributed by atoms with E-state index in [9.17, 15) is 33.1 Å². The number of aromatic nitrogens is 2. The number of H-pyrrole nitrogens is 1. The van der Waals surface area contributed by atoms with Crippen molar-refractivity contribution in [3.8, 4) is 0 Å². The van der Waals surface area contributed by atoms with Crippen LogP contribution in [0.2, 0.25) is 0 Å². The summed E-state index contributed by atoms with van der Waals surface area (Å²) in [4.78, 5) is 49.4. The van der Waals surface area contributed by atoms with Crippen molar-refractivity contribution in [3.05, 3.63) is 43.0 Å². The first kappa shape index (κ1) is 47.5. The number of unbranched alkanes of at least 4 members (excludes halogenated alkanes) is 16. The van der Waals surface area contributed by atoms with Crippen molar-refractivity contribution in [3.63, 3.8) is 0 Å². The molecule has 0 aliphatic carbocycles. The van der Waals surface area contributed by atoms with Gasteiger partial charge in [-0.05, 0) is 25.3 Å². The quantitative estimate of drug-likeness (QED) is 0.0208. The molecule has 4 unspecified atom stereocenters. The lowest BCUT2D eigenvalue weighted by Gasteiger charge is -2.22. The van der Waals surface area contributed by atoms with Gasteiger partial charge in [0.2, 0.25) is 0 Å². The Labute approximate surface area is 312 Å². The largest absolute Gasteiger partial charge is 0.490 e. The average Bonchev–Trinajstić information content (AvgIpc) is 3.48. The third-order valence-corrected chi connectivity index (χ3v) is 13.4. The highest BCUT2D eigenvalue weighted by molar-refractivity contribution is 7.67. The number of aromatic amines is 1. The molecular weight excluding hydrogens is 755 g/mol. The highest BCUT2D eigenvalue weighted by Gasteiger charge is 2.45. The molecule has 2 heterocycles. The van der Waals surface area contributed by atoms with Crippen molar-refractivity contribution in [2.24, 2.45) is 5.11 Å². The molecule has 0 spiro atoms. The van der Waals surface area contributed by atoms with Crippen molar-refractivity contribution in [1.82, 2.24) is 9.55 Å². The van der Waals surface area contributed by atoms with Gasteiger partial charge in [-0.25, -0.2) is 18.5 Å². The molecule has 3 N–H and O–H groups in total. The van der Waals surface area contributed by atoms with Crippen molar-refractivity contribution in [1.29, 1.82) is 0 Å².